The molecule has 0 saturated carbocycles. The molecular formula is C35H36Cl3F2N7O2. The topological polar surface area (TPSA) is 101 Å². The number of likely N-dealkylation sites (N-methyl/N-ethyl adjacent to an activating group) is 1. The van der Waals surface area contributed by atoms with Crippen molar-refractivity contribution in [1.82, 2.24) is 19.4 Å². The highest BCUT2D eigenvalue weighted by Crippen LogP contribution is 2.49. The third-order valence-electron chi connectivity index (χ3n) is 9.41. The van der Waals surface area contributed by atoms with Gasteiger partial charge in [-0.05, 0) is 37.0 Å². The number of nitrogen functional groups attached to an aromatic ring is 1. The quantitative estimate of drug-likeness (QED) is 0.129. The standard InChI is InChI=1S/C35H36Cl3F2N7O2/c1-8-23(48)45-13-18-12-44(7)34-32(46(18)11-17(45)6)19-9-22(39)24(25-27(40)20(36)10-21(37)28(25)41)26(38)31(19)47(35(34)49)33-29(15(2)3)42-14-43-30(33)16(4)5/h8-10,14-18H,1,11-13,41H2,2-7H3. The fraction of sp³-hybridized carbons (Fsp3) is 0.371. The summed E-state index contributed by atoms with van der Waals surface area (Å²) in [6.45, 7) is 14.4. The van der Waals surface area contributed by atoms with E-state index in [0.29, 0.717) is 53.5 Å². The van der Waals surface area contributed by atoms with Gasteiger partial charge in [-0.1, -0.05) is 69.1 Å². The van der Waals surface area contributed by atoms with E-state index < -0.39 is 28.3 Å². The van der Waals surface area contributed by atoms with Crippen molar-refractivity contribution in [1.29, 1.82) is 0 Å². The number of fused-ring (bicyclic) bond motifs is 5. The fourth-order valence-electron chi connectivity index (χ4n) is 7.16. The second kappa shape index (κ2) is 12.8. The molecule has 2 aliphatic heterocycles. The molecule has 1 amide bonds. The zero-order valence-electron chi connectivity index (χ0n) is 27.9. The molecular weight excluding hydrogens is 695 g/mol. The zero-order chi connectivity index (χ0) is 35.8. The third kappa shape index (κ3) is 5.41. The van der Waals surface area contributed by atoms with Crippen molar-refractivity contribution in [3.05, 3.63) is 79.6 Å². The monoisotopic (exact) mass is 729 g/mol. The number of halogens is 5. The van der Waals surface area contributed by atoms with Crippen molar-refractivity contribution >= 4 is 68.7 Å². The number of rotatable bonds is 5. The van der Waals surface area contributed by atoms with E-state index in [0.717, 1.165) is 6.07 Å². The predicted octanol–water partition coefficient (Wildman–Crippen LogP) is 7.56. The van der Waals surface area contributed by atoms with Crippen molar-refractivity contribution < 1.29 is 13.6 Å². The van der Waals surface area contributed by atoms with Crippen LogP contribution in [0.5, 0.6) is 0 Å². The molecule has 2 aliphatic rings. The van der Waals surface area contributed by atoms with Gasteiger partial charge in [-0.15, -0.1) is 0 Å². The molecule has 0 radical (unpaired) electrons. The van der Waals surface area contributed by atoms with Gasteiger partial charge in [0.2, 0.25) is 5.91 Å². The highest BCUT2D eigenvalue weighted by Gasteiger charge is 2.42. The highest BCUT2D eigenvalue weighted by atomic mass is 35.5. The Kier molecular flexibility index (Phi) is 9.09. The van der Waals surface area contributed by atoms with Crippen LogP contribution >= 0.6 is 34.8 Å². The molecule has 4 heterocycles. The molecule has 1 fully saturated rings. The van der Waals surface area contributed by atoms with E-state index >= 15 is 13.6 Å². The van der Waals surface area contributed by atoms with Gasteiger partial charge in [-0.3, -0.25) is 14.2 Å². The predicted molar refractivity (Wildman–Crippen MR) is 194 cm³/mol. The first-order chi connectivity index (χ1) is 23.1. The van der Waals surface area contributed by atoms with E-state index in [9.17, 15) is 4.79 Å². The summed E-state index contributed by atoms with van der Waals surface area (Å²) < 4.78 is 34.0. The Balaban J connectivity index is 1.82. The number of amides is 1. The minimum Gasteiger partial charge on any atom is -0.397 e. The Labute approximate surface area is 297 Å². The van der Waals surface area contributed by atoms with Crippen LogP contribution in [0.15, 0.2) is 35.9 Å². The molecule has 6 rings (SSSR count). The molecule has 0 bridgehead atoms. The Morgan fingerprint density at radius 1 is 0.980 bits per heavy atom. The number of piperazine rings is 1. The summed E-state index contributed by atoms with van der Waals surface area (Å²) in [7, 11) is 1.79. The largest absolute Gasteiger partial charge is 0.397 e. The van der Waals surface area contributed by atoms with Crippen LogP contribution in [0.2, 0.25) is 15.1 Å². The number of hydrogen-bond donors (Lipinski definition) is 1. The molecule has 0 spiro atoms. The number of carbonyl (C=O) groups is 1. The maximum Gasteiger partial charge on any atom is 0.281 e. The number of anilines is 3. The summed E-state index contributed by atoms with van der Waals surface area (Å²) in [4.78, 5) is 42.7. The Bertz CT molecular complexity index is 2070. The molecule has 4 aromatic rings. The van der Waals surface area contributed by atoms with E-state index in [2.05, 4.69) is 16.5 Å². The number of aromatic nitrogens is 3. The summed E-state index contributed by atoms with van der Waals surface area (Å²) in [6.07, 6.45) is 2.74. The Morgan fingerprint density at radius 3 is 2.20 bits per heavy atom. The molecule has 2 aromatic heterocycles. The average molecular weight is 731 g/mol. The van der Waals surface area contributed by atoms with Gasteiger partial charge in [0.25, 0.3) is 5.56 Å². The van der Waals surface area contributed by atoms with Gasteiger partial charge >= 0.3 is 0 Å². The van der Waals surface area contributed by atoms with Crippen LogP contribution in [0.1, 0.15) is 57.8 Å². The second-order valence-corrected chi connectivity index (χ2v) is 14.4. The van der Waals surface area contributed by atoms with Crippen LogP contribution in [0.4, 0.5) is 25.8 Å². The van der Waals surface area contributed by atoms with Gasteiger partial charge in [-0.25, -0.2) is 18.7 Å². The van der Waals surface area contributed by atoms with Crippen LogP contribution in [-0.4, -0.2) is 64.1 Å². The van der Waals surface area contributed by atoms with Gasteiger partial charge < -0.3 is 20.4 Å². The van der Waals surface area contributed by atoms with E-state index in [1.54, 1.807) is 11.9 Å². The van der Waals surface area contributed by atoms with E-state index in [4.69, 9.17) is 40.5 Å². The van der Waals surface area contributed by atoms with Crippen LogP contribution in [-0.2, 0) is 4.79 Å². The van der Waals surface area contributed by atoms with E-state index in [1.165, 1.54) is 23.0 Å². The lowest BCUT2D eigenvalue weighted by atomic mass is 9.95. The summed E-state index contributed by atoms with van der Waals surface area (Å²) in [5, 5.41) is -0.441. The lowest BCUT2D eigenvalue weighted by Crippen LogP contribution is -2.64. The molecule has 14 heteroatoms. The first-order valence-electron chi connectivity index (χ1n) is 15.9. The molecule has 2 aromatic carbocycles. The van der Waals surface area contributed by atoms with Crippen molar-refractivity contribution in [2.24, 2.45) is 0 Å². The Morgan fingerprint density at radius 2 is 1.61 bits per heavy atom. The second-order valence-electron chi connectivity index (χ2n) is 13.3. The average Bonchev–Trinajstić information content (AvgIpc) is 3.04. The number of pyridine rings is 1. The van der Waals surface area contributed by atoms with Gasteiger partial charge in [0.1, 0.15) is 17.8 Å². The lowest BCUT2D eigenvalue weighted by molar-refractivity contribution is -0.128. The summed E-state index contributed by atoms with van der Waals surface area (Å²) in [5.41, 5.74) is 7.15. The van der Waals surface area contributed by atoms with Crippen molar-refractivity contribution in [3.63, 3.8) is 0 Å². The molecule has 0 aliphatic carbocycles. The molecule has 49 heavy (non-hydrogen) atoms. The van der Waals surface area contributed by atoms with Gasteiger partial charge in [0, 0.05) is 49.2 Å². The molecule has 1 saturated heterocycles. The van der Waals surface area contributed by atoms with Crippen LogP contribution in [0.3, 0.4) is 0 Å². The molecule has 258 valence electrons. The molecule has 2 N–H and O–H groups in total. The summed E-state index contributed by atoms with van der Waals surface area (Å²) in [6, 6.07) is 1.86. The normalized spacial score (nSPS) is 17.6. The van der Waals surface area contributed by atoms with Crippen LogP contribution < -0.4 is 21.1 Å². The summed E-state index contributed by atoms with van der Waals surface area (Å²) in [5.74, 6) is -2.44. The maximum absolute atomic E-state index is 16.7. The number of nitrogens with zero attached hydrogens (tertiary/aromatic N) is 6. The van der Waals surface area contributed by atoms with E-state index in [-0.39, 0.29) is 56.1 Å². The SMILES string of the molecule is C=CC(=O)N1CC2CN(C)c3c(c4cc(F)c(-c5c(N)c(Cl)cc(Cl)c5F)c(Cl)c4n(-c4c(C(C)C)ncnc4C(C)C)c3=O)N2CC1C. The van der Waals surface area contributed by atoms with Crippen molar-refractivity contribution in [2.45, 2.75) is 58.5 Å². The highest BCUT2D eigenvalue weighted by molar-refractivity contribution is 6.40. The smallest absolute Gasteiger partial charge is 0.281 e. The molecule has 9 nitrogen and oxygen atoms in total. The fourth-order valence-corrected chi connectivity index (χ4v) is 7.99. The van der Waals surface area contributed by atoms with Gasteiger partial charge in [0.05, 0.1) is 55.1 Å². The first kappa shape index (κ1) is 34.9. The Hall–Kier alpha value is -3.93. The van der Waals surface area contributed by atoms with Gasteiger partial charge in [-0.2, -0.15) is 0 Å². The van der Waals surface area contributed by atoms with Crippen molar-refractivity contribution in [3.8, 4) is 16.8 Å². The molecule has 2 atom stereocenters. The number of carbonyl (C=O) groups excluding carboxylic acids is 1. The number of hydrogen-bond acceptors (Lipinski definition) is 7. The van der Waals surface area contributed by atoms with Gasteiger partial charge in [0.15, 0.2) is 5.82 Å². The lowest BCUT2D eigenvalue weighted by Gasteiger charge is -2.51. The molecule has 2 unspecified atom stereocenters. The minimum absolute atomic E-state index is 0.0918. The first-order valence-corrected chi connectivity index (χ1v) is 17.0. The zero-order valence-corrected chi connectivity index (χ0v) is 30.2. The number of nitrogens with two attached hydrogens (primary N) is 1. The van der Waals surface area contributed by atoms with Crippen LogP contribution in [0, 0.1) is 11.6 Å². The number of benzene rings is 2. The van der Waals surface area contributed by atoms with E-state index in [1.807, 2.05) is 44.4 Å². The third-order valence-corrected chi connectivity index (χ3v) is 10.4. The van der Waals surface area contributed by atoms with Crippen LogP contribution in [0.25, 0.3) is 27.7 Å². The van der Waals surface area contributed by atoms with Crippen molar-refractivity contribution in [2.75, 3.05) is 42.2 Å². The minimum atomic E-state index is -1.01. The summed E-state index contributed by atoms with van der Waals surface area (Å²) >= 11 is 19.7. The maximum atomic E-state index is 16.7.